The summed E-state index contributed by atoms with van der Waals surface area (Å²) < 4.78 is 1.99. The summed E-state index contributed by atoms with van der Waals surface area (Å²) >= 11 is 6.08. The molecule has 0 fully saturated rings. The van der Waals surface area contributed by atoms with Crippen molar-refractivity contribution < 1.29 is 0 Å². The molecule has 80 valence electrons. The van der Waals surface area contributed by atoms with E-state index in [1.165, 1.54) is 5.69 Å². The van der Waals surface area contributed by atoms with E-state index in [1.54, 1.807) is 0 Å². The number of halogens is 1. The number of hydrogen-bond donors (Lipinski definition) is 1. The average Bonchev–Trinajstić information content (AvgIpc) is 2.55. The Morgan fingerprint density at radius 2 is 2.27 bits per heavy atom. The van der Waals surface area contributed by atoms with E-state index in [1.807, 2.05) is 23.9 Å². The number of aromatic nitrogens is 2. The van der Waals surface area contributed by atoms with Crippen LogP contribution in [-0.4, -0.2) is 23.4 Å². The number of likely N-dealkylation sites (N-methyl/N-ethyl adjacent to an activating group) is 1. The van der Waals surface area contributed by atoms with Crippen LogP contribution < -0.4 is 5.32 Å². The second-order valence-electron chi connectivity index (χ2n) is 3.55. The molecule has 0 spiro atoms. The minimum Gasteiger partial charge on any atom is -0.318 e. The van der Waals surface area contributed by atoms with Gasteiger partial charge < -0.3 is 5.32 Å². The van der Waals surface area contributed by atoms with Gasteiger partial charge in [0.2, 0.25) is 0 Å². The van der Waals surface area contributed by atoms with Crippen molar-refractivity contribution >= 4 is 22.5 Å². The van der Waals surface area contributed by atoms with Crippen molar-refractivity contribution in [2.24, 2.45) is 0 Å². The predicted molar refractivity (Wildman–Crippen MR) is 63.4 cm³/mol. The highest BCUT2D eigenvalue weighted by molar-refractivity contribution is 6.35. The van der Waals surface area contributed by atoms with Gasteiger partial charge >= 0.3 is 0 Å². The fraction of sp³-hybridized carbons (Fsp3) is 0.364. The zero-order valence-electron chi connectivity index (χ0n) is 8.92. The second-order valence-corrected chi connectivity index (χ2v) is 3.96. The van der Waals surface area contributed by atoms with Gasteiger partial charge in [0.05, 0.1) is 11.6 Å². The van der Waals surface area contributed by atoms with Crippen molar-refractivity contribution in [1.29, 1.82) is 0 Å². The van der Waals surface area contributed by atoms with Gasteiger partial charge in [0.1, 0.15) is 5.52 Å². The van der Waals surface area contributed by atoms with Crippen LogP contribution in [0.15, 0.2) is 18.2 Å². The van der Waals surface area contributed by atoms with Gasteiger partial charge in [-0.1, -0.05) is 23.7 Å². The number of benzene rings is 1. The number of hydrogen-bond acceptors (Lipinski definition) is 2. The first kappa shape index (κ1) is 10.5. The Labute approximate surface area is 94.0 Å². The van der Waals surface area contributed by atoms with Gasteiger partial charge in [-0.2, -0.15) is 5.10 Å². The highest BCUT2D eigenvalue weighted by Gasteiger charge is 2.08. The molecular formula is C11H14ClN3. The largest absolute Gasteiger partial charge is 0.318 e. The van der Waals surface area contributed by atoms with Crippen LogP contribution in [0.4, 0.5) is 0 Å². The van der Waals surface area contributed by atoms with Crippen LogP contribution in [0.2, 0.25) is 5.02 Å². The molecule has 0 saturated heterocycles. The molecule has 0 radical (unpaired) electrons. The number of nitrogens with zero attached hydrogens (tertiary/aromatic N) is 2. The third kappa shape index (κ3) is 1.85. The first-order valence-electron chi connectivity index (χ1n) is 5.00. The van der Waals surface area contributed by atoms with Crippen LogP contribution in [0, 0.1) is 6.92 Å². The number of aryl methyl sites for hydroxylation is 1. The summed E-state index contributed by atoms with van der Waals surface area (Å²) in [5.41, 5.74) is 2.07. The lowest BCUT2D eigenvalue weighted by molar-refractivity contribution is 0.577. The molecule has 0 unspecified atom stereocenters. The van der Waals surface area contributed by atoms with E-state index in [2.05, 4.69) is 23.4 Å². The van der Waals surface area contributed by atoms with Crippen LogP contribution in [0.3, 0.4) is 0 Å². The maximum atomic E-state index is 6.08. The second kappa shape index (κ2) is 4.21. The van der Waals surface area contributed by atoms with Gasteiger partial charge in [0.25, 0.3) is 0 Å². The predicted octanol–water partition coefficient (Wildman–Crippen LogP) is 2.22. The van der Waals surface area contributed by atoms with E-state index in [0.29, 0.717) is 0 Å². The molecule has 1 heterocycles. The van der Waals surface area contributed by atoms with Crippen LogP contribution in [-0.2, 0) is 6.54 Å². The first-order valence-corrected chi connectivity index (χ1v) is 5.38. The van der Waals surface area contributed by atoms with Gasteiger partial charge in [0.15, 0.2) is 0 Å². The molecule has 1 aromatic heterocycles. The monoisotopic (exact) mass is 223 g/mol. The molecule has 4 heteroatoms. The topological polar surface area (TPSA) is 29.9 Å². The molecule has 0 atom stereocenters. The molecular weight excluding hydrogens is 210 g/mol. The molecule has 3 nitrogen and oxygen atoms in total. The van der Waals surface area contributed by atoms with Crippen LogP contribution >= 0.6 is 11.6 Å². The van der Waals surface area contributed by atoms with E-state index in [-0.39, 0.29) is 0 Å². The summed E-state index contributed by atoms with van der Waals surface area (Å²) in [5, 5.41) is 9.46. The van der Waals surface area contributed by atoms with E-state index >= 15 is 0 Å². The summed E-state index contributed by atoms with van der Waals surface area (Å²) in [6.45, 7) is 3.85. The van der Waals surface area contributed by atoms with Gasteiger partial charge in [-0.3, -0.25) is 4.68 Å². The fourth-order valence-corrected chi connectivity index (χ4v) is 1.89. The molecule has 15 heavy (non-hydrogen) atoms. The lowest BCUT2D eigenvalue weighted by Crippen LogP contribution is -2.16. The minimum absolute atomic E-state index is 0.721. The highest BCUT2D eigenvalue weighted by atomic mass is 35.5. The highest BCUT2D eigenvalue weighted by Crippen LogP contribution is 2.24. The molecule has 2 rings (SSSR count). The SMILES string of the molecule is CNCCn1nc2c(Cl)cccc2c1C. The van der Waals surface area contributed by atoms with E-state index in [0.717, 1.165) is 29.0 Å². The summed E-state index contributed by atoms with van der Waals surface area (Å²) in [5.74, 6) is 0. The quantitative estimate of drug-likeness (QED) is 0.865. The summed E-state index contributed by atoms with van der Waals surface area (Å²) in [6, 6.07) is 5.89. The van der Waals surface area contributed by atoms with Crippen LogP contribution in [0.5, 0.6) is 0 Å². The zero-order valence-corrected chi connectivity index (χ0v) is 9.67. The smallest absolute Gasteiger partial charge is 0.111 e. The summed E-state index contributed by atoms with van der Waals surface area (Å²) in [6.07, 6.45) is 0. The third-order valence-electron chi connectivity index (χ3n) is 2.56. The van der Waals surface area contributed by atoms with Gasteiger partial charge in [-0.25, -0.2) is 0 Å². The van der Waals surface area contributed by atoms with Crippen molar-refractivity contribution in [3.63, 3.8) is 0 Å². The van der Waals surface area contributed by atoms with Crippen molar-refractivity contribution in [1.82, 2.24) is 15.1 Å². The molecule has 1 aromatic carbocycles. The summed E-state index contributed by atoms with van der Waals surface area (Å²) in [7, 11) is 1.94. The van der Waals surface area contributed by atoms with E-state index in [9.17, 15) is 0 Å². The normalized spacial score (nSPS) is 11.1. The summed E-state index contributed by atoms with van der Waals surface area (Å²) in [4.78, 5) is 0. The Bertz CT molecular complexity index is 476. The molecule has 0 aliphatic heterocycles. The molecule has 0 aliphatic carbocycles. The number of fused-ring (bicyclic) bond motifs is 1. The van der Waals surface area contributed by atoms with E-state index in [4.69, 9.17) is 11.6 Å². The maximum Gasteiger partial charge on any atom is 0.111 e. The average molecular weight is 224 g/mol. The molecule has 1 N–H and O–H groups in total. The minimum atomic E-state index is 0.721. The molecule has 0 saturated carbocycles. The molecule has 2 aromatic rings. The van der Waals surface area contributed by atoms with Crippen molar-refractivity contribution in [3.05, 3.63) is 28.9 Å². The fourth-order valence-electron chi connectivity index (χ4n) is 1.68. The Balaban J connectivity index is 2.49. The number of rotatable bonds is 3. The van der Waals surface area contributed by atoms with Gasteiger partial charge in [-0.15, -0.1) is 0 Å². The van der Waals surface area contributed by atoms with Crippen LogP contribution in [0.1, 0.15) is 5.69 Å². The Kier molecular flexibility index (Phi) is 2.93. The Morgan fingerprint density at radius 3 is 2.93 bits per heavy atom. The van der Waals surface area contributed by atoms with Crippen molar-refractivity contribution in [2.75, 3.05) is 13.6 Å². The molecule has 0 aliphatic rings. The van der Waals surface area contributed by atoms with Crippen LogP contribution in [0.25, 0.3) is 10.9 Å². The first-order chi connectivity index (χ1) is 7.24. The standard InChI is InChI=1S/C11H14ClN3/c1-8-9-4-3-5-10(12)11(9)14-15(8)7-6-13-2/h3-5,13H,6-7H2,1-2H3. The lowest BCUT2D eigenvalue weighted by Gasteiger charge is -2.02. The van der Waals surface area contributed by atoms with Gasteiger partial charge in [-0.05, 0) is 20.0 Å². The van der Waals surface area contributed by atoms with E-state index < -0.39 is 0 Å². The third-order valence-corrected chi connectivity index (χ3v) is 2.86. The Morgan fingerprint density at radius 1 is 1.47 bits per heavy atom. The molecule has 0 bridgehead atoms. The Hall–Kier alpha value is -1.06. The number of nitrogens with one attached hydrogen (secondary N) is 1. The maximum absolute atomic E-state index is 6.08. The van der Waals surface area contributed by atoms with Gasteiger partial charge in [0, 0.05) is 17.6 Å². The lowest BCUT2D eigenvalue weighted by atomic mass is 10.2. The molecule has 0 amide bonds. The van der Waals surface area contributed by atoms with Crippen molar-refractivity contribution in [2.45, 2.75) is 13.5 Å². The van der Waals surface area contributed by atoms with Crippen molar-refractivity contribution in [3.8, 4) is 0 Å². The zero-order chi connectivity index (χ0) is 10.8.